The summed E-state index contributed by atoms with van der Waals surface area (Å²) >= 11 is 0. The normalized spacial score (nSPS) is 20.3. The summed E-state index contributed by atoms with van der Waals surface area (Å²) in [7, 11) is 0. The van der Waals surface area contributed by atoms with Gasteiger partial charge in [-0.1, -0.05) is 24.3 Å². The van der Waals surface area contributed by atoms with Gasteiger partial charge in [0.05, 0.1) is 12.5 Å². The molecule has 26 heavy (non-hydrogen) atoms. The largest absolute Gasteiger partial charge is 0.481 e. The molecule has 2 fully saturated rings. The van der Waals surface area contributed by atoms with Gasteiger partial charge >= 0.3 is 5.97 Å². The molecular weight excluding hydrogens is 330 g/mol. The van der Waals surface area contributed by atoms with Gasteiger partial charge in [0.15, 0.2) is 0 Å². The van der Waals surface area contributed by atoms with Gasteiger partial charge in [0.1, 0.15) is 0 Å². The molecule has 1 N–H and O–H groups in total. The van der Waals surface area contributed by atoms with Gasteiger partial charge in [-0.15, -0.1) is 0 Å². The van der Waals surface area contributed by atoms with Gasteiger partial charge in [0.25, 0.3) is 0 Å². The highest BCUT2D eigenvalue weighted by Gasteiger charge is 2.27. The molecule has 1 aromatic carbocycles. The van der Waals surface area contributed by atoms with E-state index >= 15 is 0 Å². The third-order valence-electron chi connectivity index (χ3n) is 5.68. The quantitative estimate of drug-likeness (QED) is 0.862. The predicted molar refractivity (Wildman–Crippen MR) is 99.8 cm³/mol. The van der Waals surface area contributed by atoms with Crippen LogP contribution in [0.1, 0.15) is 24.0 Å². The maximum absolute atomic E-state index is 12.6. The number of aryl methyl sites for hydroxylation is 1. The fraction of sp³-hybridized carbons (Fsp3) is 0.600. The van der Waals surface area contributed by atoms with Gasteiger partial charge in [-0.05, 0) is 44.0 Å². The highest BCUT2D eigenvalue weighted by Crippen LogP contribution is 2.18. The average molecular weight is 359 g/mol. The van der Waals surface area contributed by atoms with Crippen LogP contribution < -0.4 is 0 Å². The Hall–Kier alpha value is -1.92. The summed E-state index contributed by atoms with van der Waals surface area (Å²) in [5, 5.41) is 9.06. The second kappa shape index (κ2) is 8.64. The van der Waals surface area contributed by atoms with Crippen LogP contribution in [0, 0.1) is 12.8 Å². The monoisotopic (exact) mass is 359 g/mol. The Kier molecular flexibility index (Phi) is 6.27. The number of carbonyl (C=O) groups is 2. The number of amides is 1. The molecule has 142 valence electrons. The molecular formula is C20H29N3O3. The highest BCUT2D eigenvalue weighted by atomic mass is 16.4. The summed E-state index contributed by atoms with van der Waals surface area (Å²) < 4.78 is 0. The number of carbonyl (C=O) groups excluding carboxylic acids is 1. The maximum Gasteiger partial charge on any atom is 0.306 e. The van der Waals surface area contributed by atoms with Crippen molar-refractivity contribution in [1.29, 1.82) is 0 Å². The number of piperazine rings is 1. The lowest BCUT2D eigenvalue weighted by Crippen LogP contribution is -2.51. The SMILES string of the molecule is Cc1ccccc1CN1CCN(C(=O)CN2CCC(C(=O)O)CC2)CC1. The van der Waals surface area contributed by atoms with Crippen molar-refractivity contribution in [2.45, 2.75) is 26.3 Å². The second-order valence-electron chi connectivity index (χ2n) is 7.47. The summed E-state index contributed by atoms with van der Waals surface area (Å²) in [5.74, 6) is -0.776. The molecule has 0 bridgehead atoms. The molecule has 2 saturated heterocycles. The molecule has 6 heteroatoms. The fourth-order valence-electron chi connectivity index (χ4n) is 3.81. The van der Waals surface area contributed by atoms with Crippen molar-refractivity contribution >= 4 is 11.9 Å². The first-order valence-corrected chi connectivity index (χ1v) is 9.52. The van der Waals surface area contributed by atoms with Crippen LogP contribution in [0.25, 0.3) is 0 Å². The third kappa shape index (κ3) is 4.83. The van der Waals surface area contributed by atoms with Crippen LogP contribution in [0.2, 0.25) is 0 Å². The number of hydrogen-bond donors (Lipinski definition) is 1. The Bertz CT molecular complexity index is 633. The van der Waals surface area contributed by atoms with E-state index in [0.29, 0.717) is 32.5 Å². The van der Waals surface area contributed by atoms with Gasteiger partial charge in [-0.25, -0.2) is 0 Å². The zero-order valence-corrected chi connectivity index (χ0v) is 15.6. The molecule has 0 unspecified atom stereocenters. The van der Waals surface area contributed by atoms with E-state index in [-0.39, 0.29) is 11.8 Å². The van der Waals surface area contributed by atoms with E-state index in [0.717, 1.165) is 32.7 Å². The van der Waals surface area contributed by atoms with E-state index in [1.165, 1.54) is 11.1 Å². The molecule has 1 amide bonds. The van der Waals surface area contributed by atoms with Crippen molar-refractivity contribution in [1.82, 2.24) is 14.7 Å². The molecule has 1 aromatic rings. The summed E-state index contributed by atoms with van der Waals surface area (Å²) in [6.45, 7) is 8.27. The molecule has 3 rings (SSSR count). The summed E-state index contributed by atoms with van der Waals surface area (Å²) in [5.41, 5.74) is 2.67. The van der Waals surface area contributed by atoms with Crippen molar-refractivity contribution in [2.24, 2.45) is 5.92 Å². The van der Waals surface area contributed by atoms with Crippen molar-refractivity contribution < 1.29 is 14.7 Å². The van der Waals surface area contributed by atoms with Crippen molar-refractivity contribution in [3.05, 3.63) is 35.4 Å². The Morgan fingerprint density at radius 2 is 1.65 bits per heavy atom. The van der Waals surface area contributed by atoms with Crippen molar-refractivity contribution in [3.63, 3.8) is 0 Å². The minimum Gasteiger partial charge on any atom is -0.481 e. The molecule has 0 aromatic heterocycles. The number of nitrogens with zero attached hydrogens (tertiary/aromatic N) is 3. The molecule has 0 spiro atoms. The molecule has 0 aliphatic carbocycles. The molecule has 0 atom stereocenters. The van der Waals surface area contributed by atoms with Crippen LogP contribution in [0.15, 0.2) is 24.3 Å². The summed E-state index contributed by atoms with van der Waals surface area (Å²) in [6, 6.07) is 8.46. The van der Waals surface area contributed by atoms with Crippen molar-refractivity contribution in [3.8, 4) is 0 Å². The van der Waals surface area contributed by atoms with Crippen molar-refractivity contribution in [2.75, 3.05) is 45.8 Å². The topological polar surface area (TPSA) is 64.1 Å². The van der Waals surface area contributed by atoms with Gasteiger partial charge in [-0.3, -0.25) is 19.4 Å². The molecule has 2 heterocycles. The van der Waals surface area contributed by atoms with Gasteiger partial charge in [-0.2, -0.15) is 0 Å². The van der Waals surface area contributed by atoms with Gasteiger partial charge in [0, 0.05) is 32.7 Å². The lowest BCUT2D eigenvalue weighted by Gasteiger charge is -2.37. The third-order valence-corrected chi connectivity index (χ3v) is 5.68. The number of aliphatic carboxylic acids is 1. The average Bonchev–Trinajstić information content (AvgIpc) is 2.64. The van der Waals surface area contributed by atoms with Crippen LogP contribution >= 0.6 is 0 Å². The number of likely N-dealkylation sites (tertiary alicyclic amines) is 1. The lowest BCUT2D eigenvalue weighted by molar-refractivity contribution is -0.143. The number of benzene rings is 1. The smallest absolute Gasteiger partial charge is 0.306 e. The zero-order valence-electron chi connectivity index (χ0n) is 15.6. The molecule has 2 aliphatic heterocycles. The van der Waals surface area contributed by atoms with E-state index in [1.807, 2.05) is 4.90 Å². The minimum absolute atomic E-state index is 0.175. The molecule has 6 nitrogen and oxygen atoms in total. The Balaban J connectivity index is 1.41. The molecule has 2 aliphatic rings. The number of piperidine rings is 1. The van der Waals surface area contributed by atoms with Crippen LogP contribution in [-0.2, 0) is 16.1 Å². The Morgan fingerprint density at radius 3 is 2.27 bits per heavy atom. The zero-order chi connectivity index (χ0) is 18.5. The highest BCUT2D eigenvalue weighted by molar-refractivity contribution is 5.78. The van der Waals surface area contributed by atoms with Crippen LogP contribution in [0.3, 0.4) is 0 Å². The minimum atomic E-state index is -0.708. The number of carboxylic acid groups (broad SMARTS) is 1. The van der Waals surface area contributed by atoms with E-state index < -0.39 is 5.97 Å². The lowest BCUT2D eigenvalue weighted by atomic mass is 9.97. The van der Waals surface area contributed by atoms with Gasteiger partial charge < -0.3 is 10.0 Å². The van der Waals surface area contributed by atoms with Gasteiger partial charge in [0.2, 0.25) is 5.91 Å². The summed E-state index contributed by atoms with van der Waals surface area (Å²) in [6.07, 6.45) is 1.29. The molecule has 0 radical (unpaired) electrons. The van der Waals surface area contributed by atoms with E-state index in [1.54, 1.807) is 0 Å². The molecule has 0 saturated carbocycles. The Labute approximate surface area is 155 Å². The standard InChI is InChI=1S/C20H29N3O3/c1-16-4-2-3-5-18(16)14-22-10-12-23(13-11-22)19(24)15-21-8-6-17(7-9-21)20(25)26/h2-5,17H,6-15H2,1H3,(H,25,26). The van der Waals surface area contributed by atoms with E-state index in [4.69, 9.17) is 5.11 Å². The predicted octanol–water partition coefficient (Wildman–Crippen LogP) is 1.44. The van der Waals surface area contributed by atoms with Crippen LogP contribution in [0.4, 0.5) is 0 Å². The number of hydrogen-bond acceptors (Lipinski definition) is 4. The van der Waals surface area contributed by atoms with Crippen LogP contribution in [0.5, 0.6) is 0 Å². The maximum atomic E-state index is 12.6. The number of carboxylic acids is 1. The first-order chi connectivity index (χ1) is 12.5. The first-order valence-electron chi connectivity index (χ1n) is 9.52. The first kappa shape index (κ1) is 18.9. The summed E-state index contributed by atoms with van der Waals surface area (Å²) in [4.78, 5) is 30.0. The fourth-order valence-corrected chi connectivity index (χ4v) is 3.81. The van der Waals surface area contributed by atoms with Crippen LogP contribution in [-0.4, -0.2) is 77.5 Å². The van der Waals surface area contributed by atoms with E-state index in [2.05, 4.69) is 41.0 Å². The van der Waals surface area contributed by atoms with E-state index in [9.17, 15) is 9.59 Å². The Morgan fingerprint density at radius 1 is 1.00 bits per heavy atom. The number of rotatable bonds is 5. The second-order valence-corrected chi connectivity index (χ2v) is 7.47.